The highest BCUT2D eigenvalue weighted by Gasteiger charge is 2.07. The average molecular weight is 480 g/mol. The number of carbonyl (C=O) groups excluding carboxylic acids is 1. The summed E-state index contributed by atoms with van der Waals surface area (Å²) in [5, 5.41) is 24.2. The van der Waals surface area contributed by atoms with Gasteiger partial charge in [0.15, 0.2) is 0 Å². The van der Waals surface area contributed by atoms with Gasteiger partial charge in [-0.1, -0.05) is 54.9 Å². The molecule has 0 fully saturated rings. The number of hydrogen-bond donors (Lipinski definition) is 3. The number of aryl methyl sites for hydroxylation is 2. The number of hydrogen-bond acceptors (Lipinski definition) is 8. The van der Waals surface area contributed by atoms with Gasteiger partial charge in [-0.15, -0.1) is 15.3 Å². The van der Waals surface area contributed by atoms with E-state index in [1.165, 1.54) is 11.3 Å². The summed E-state index contributed by atoms with van der Waals surface area (Å²) in [4.78, 5) is 12.0. The van der Waals surface area contributed by atoms with E-state index < -0.39 is 0 Å². The molecule has 0 atom stereocenters. The SMILES string of the molecule is C=C/C(=C\C)C(=O)NC/C(C)=C/C(=C)CC(=C)Nc1nnc(CCCCc2ccc(N)nn2)s1. The molecule has 0 spiro atoms. The van der Waals surface area contributed by atoms with Crippen LogP contribution < -0.4 is 16.4 Å². The van der Waals surface area contributed by atoms with Gasteiger partial charge in [-0.05, 0) is 50.8 Å². The van der Waals surface area contributed by atoms with Crippen LogP contribution in [0.25, 0.3) is 0 Å². The van der Waals surface area contributed by atoms with Crippen molar-refractivity contribution in [3.63, 3.8) is 0 Å². The van der Waals surface area contributed by atoms with Crippen LogP contribution >= 0.6 is 11.3 Å². The van der Waals surface area contributed by atoms with Crippen LogP contribution in [0.2, 0.25) is 0 Å². The summed E-state index contributed by atoms with van der Waals surface area (Å²) in [7, 11) is 0. The Bertz CT molecular complexity index is 1070. The minimum absolute atomic E-state index is 0.145. The lowest BCUT2D eigenvalue weighted by Crippen LogP contribution is -2.26. The lowest BCUT2D eigenvalue weighted by atomic mass is 10.1. The fraction of sp³-hybridized carbons (Fsp3) is 0.320. The molecule has 0 saturated carbocycles. The lowest BCUT2D eigenvalue weighted by Gasteiger charge is -2.09. The van der Waals surface area contributed by atoms with Crippen molar-refractivity contribution in [2.45, 2.75) is 46.0 Å². The van der Waals surface area contributed by atoms with Gasteiger partial charge in [-0.2, -0.15) is 5.10 Å². The Morgan fingerprint density at radius 2 is 1.91 bits per heavy atom. The maximum Gasteiger partial charge on any atom is 0.251 e. The largest absolute Gasteiger partial charge is 0.382 e. The van der Waals surface area contributed by atoms with E-state index in [0.29, 0.717) is 29.5 Å². The summed E-state index contributed by atoms with van der Waals surface area (Å²) in [5.74, 6) is 0.290. The van der Waals surface area contributed by atoms with Crippen molar-refractivity contribution in [2.75, 3.05) is 17.6 Å². The van der Waals surface area contributed by atoms with Crippen LogP contribution in [0.4, 0.5) is 10.9 Å². The van der Waals surface area contributed by atoms with Crippen molar-refractivity contribution in [1.82, 2.24) is 25.7 Å². The topological polar surface area (TPSA) is 119 Å². The molecule has 4 N–H and O–H groups in total. The Balaban J connectivity index is 1.71. The maximum absolute atomic E-state index is 12.0. The molecule has 8 nitrogen and oxygen atoms in total. The maximum atomic E-state index is 12.0. The number of nitrogen functional groups attached to an aromatic ring is 1. The zero-order valence-corrected chi connectivity index (χ0v) is 20.7. The predicted octanol–water partition coefficient (Wildman–Crippen LogP) is 4.54. The van der Waals surface area contributed by atoms with Gasteiger partial charge in [0, 0.05) is 30.7 Å². The molecule has 0 aliphatic heterocycles. The third-order valence-electron chi connectivity index (χ3n) is 4.78. The molecule has 34 heavy (non-hydrogen) atoms. The standard InChI is InChI=1S/C25H33N7OS/c1-6-20(7-2)24(33)27-16-18(4)14-17(3)15-19(5)28-25-32-31-23(34-25)11-9-8-10-21-12-13-22(26)30-29-21/h6-7,12-14H,1,3,5,8-11,15-16H2,2,4H3,(H2,26,30)(H,27,33)(H,28,32)/b18-14+,20-7+. The van der Waals surface area contributed by atoms with Gasteiger partial charge in [0.25, 0.3) is 5.91 Å². The fourth-order valence-corrected chi connectivity index (χ4v) is 3.90. The van der Waals surface area contributed by atoms with Gasteiger partial charge >= 0.3 is 0 Å². The average Bonchev–Trinajstić information content (AvgIpc) is 3.24. The van der Waals surface area contributed by atoms with Gasteiger partial charge in [0.05, 0.1) is 5.69 Å². The van der Waals surface area contributed by atoms with Gasteiger partial charge < -0.3 is 16.4 Å². The van der Waals surface area contributed by atoms with Crippen molar-refractivity contribution < 1.29 is 4.79 Å². The van der Waals surface area contributed by atoms with Gasteiger partial charge in [0.1, 0.15) is 10.8 Å². The molecule has 2 aromatic heterocycles. The molecule has 0 unspecified atom stereocenters. The number of aromatic nitrogens is 4. The highest BCUT2D eigenvalue weighted by molar-refractivity contribution is 7.15. The number of nitrogens with one attached hydrogen (secondary N) is 2. The van der Waals surface area contributed by atoms with Crippen molar-refractivity contribution in [1.29, 1.82) is 0 Å². The third kappa shape index (κ3) is 9.50. The highest BCUT2D eigenvalue weighted by Crippen LogP contribution is 2.21. The molecular weight excluding hydrogens is 446 g/mol. The molecule has 1 amide bonds. The lowest BCUT2D eigenvalue weighted by molar-refractivity contribution is -0.117. The second kappa shape index (κ2) is 13.8. The molecule has 0 aliphatic rings. The minimum Gasteiger partial charge on any atom is -0.382 e. The van der Waals surface area contributed by atoms with E-state index in [4.69, 9.17) is 5.73 Å². The first-order valence-corrected chi connectivity index (χ1v) is 11.9. The zero-order valence-electron chi connectivity index (χ0n) is 19.9. The summed E-state index contributed by atoms with van der Waals surface area (Å²) in [6.45, 7) is 16.0. The first-order valence-electron chi connectivity index (χ1n) is 11.1. The number of carbonyl (C=O) groups is 1. The molecule has 2 aromatic rings. The molecule has 0 saturated heterocycles. The van der Waals surface area contributed by atoms with Crippen LogP contribution in [0.5, 0.6) is 0 Å². The Morgan fingerprint density at radius 3 is 2.59 bits per heavy atom. The van der Waals surface area contributed by atoms with E-state index in [-0.39, 0.29) is 5.91 Å². The Hall–Kier alpha value is -3.59. The van der Waals surface area contributed by atoms with Crippen molar-refractivity contribution in [2.24, 2.45) is 0 Å². The summed E-state index contributed by atoms with van der Waals surface area (Å²) < 4.78 is 0. The number of nitrogens with zero attached hydrogens (tertiary/aromatic N) is 4. The van der Waals surface area contributed by atoms with E-state index in [1.54, 1.807) is 25.1 Å². The summed E-state index contributed by atoms with van der Waals surface area (Å²) in [5.41, 5.74) is 9.71. The van der Waals surface area contributed by atoms with Crippen molar-refractivity contribution in [3.8, 4) is 0 Å². The van der Waals surface area contributed by atoms with Crippen LogP contribution in [0.15, 0.2) is 72.5 Å². The normalized spacial score (nSPS) is 11.7. The molecular formula is C25H33N7OS. The summed E-state index contributed by atoms with van der Waals surface area (Å²) >= 11 is 1.52. The molecule has 0 radical (unpaired) electrons. The number of amides is 1. The smallest absolute Gasteiger partial charge is 0.251 e. The molecule has 9 heteroatoms. The molecule has 0 aliphatic carbocycles. The van der Waals surface area contributed by atoms with Crippen LogP contribution in [0, 0.1) is 0 Å². The molecule has 0 aromatic carbocycles. The van der Waals surface area contributed by atoms with Crippen LogP contribution in [-0.2, 0) is 17.6 Å². The second-order valence-corrected chi connectivity index (χ2v) is 8.90. The molecule has 2 heterocycles. The van der Waals surface area contributed by atoms with E-state index in [9.17, 15) is 4.79 Å². The Labute approximate surface area is 205 Å². The number of allylic oxidation sites excluding steroid dienone is 3. The molecule has 2 rings (SSSR count). The first-order chi connectivity index (χ1) is 16.3. The van der Waals surface area contributed by atoms with Gasteiger partial charge in [-0.3, -0.25) is 4.79 Å². The number of anilines is 2. The third-order valence-corrected chi connectivity index (χ3v) is 5.67. The Kier molecular flexibility index (Phi) is 10.9. The zero-order chi connectivity index (χ0) is 24.9. The number of unbranched alkanes of at least 4 members (excludes halogenated alkanes) is 1. The minimum atomic E-state index is -0.145. The van der Waals surface area contributed by atoms with Crippen molar-refractivity contribution >= 4 is 28.2 Å². The first kappa shape index (κ1) is 26.7. The van der Waals surface area contributed by atoms with E-state index in [1.807, 2.05) is 19.1 Å². The monoisotopic (exact) mass is 479 g/mol. The second-order valence-electron chi connectivity index (χ2n) is 7.84. The quantitative estimate of drug-likeness (QED) is 0.207. The van der Waals surface area contributed by atoms with Crippen molar-refractivity contribution in [3.05, 3.63) is 83.2 Å². The Morgan fingerprint density at radius 1 is 1.15 bits per heavy atom. The van der Waals surface area contributed by atoms with Gasteiger partial charge in [0.2, 0.25) is 5.13 Å². The number of nitrogens with two attached hydrogens (primary N) is 1. The summed E-state index contributed by atoms with van der Waals surface area (Å²) in [6.07, 6.45) is 9.48. The fourth-order valence-electron chi connectivity index (χ4n) is 3.07. The van der Waals surface area contributed by atoms with Gasteiger partial charge in [-0.25, -0.2) is 0 Å². The summed E-state index contributed by atoms with van der Waals surface area (Å²) in [6, 6.07) is 3.68. The van der Waals surface area contributed by atoms with E-state index >= 15 is 0 Å². The van der Waals surface area contributed by atoms with E-state index in [0.717, 1.165) is 53.2 Å². The molecule has 180 valence electrons. The molecule has 0 bridgehead atoms. The number of rotatable bonds is 14. The van der Waals surface area contributed by atoms with Crippen LogP contribution in [-0.4, -0.2) is 32.8 Å². The highest BCUT2D eigenvalue weighted by atomic mass is 32.1. The van der Waals surface area contributed by atoms with Crippen LogP contribution in [0.1, 0.15) is 43.8 Å². The van der Waals surface area contributed by atoms with E-state index in [2.05, 4.69) is 50.8 Å². The van der Waals surface area contributed by atoms with Crippen LogP contribution in [0.3, 0.4) is 0 Å². The predicted molar refractivity (Wildman–Crippen MR) is 140 cm³/mol.